The zero-order chi connectivity index (χ0) is 22.4. The molecule has 1 aromatic carbocycles. The minimum atomic E-state index is -3.83. The molecule has 9 nitrogen and oxygen atoms in total. The van der Waals surface area contributed by atoms with Crippen LogP contribution in [0.15, 0.2) is 52.0 Å². The molecule has 0 unspecified atom stereocenters. The number of hydrogen-bond acceptors (Lipinski definition) is 6. The van der Waals surface area contributed by atoms with Gasteiger partial charge < -0.3 is 19.4 Å². The van der Waals surface area contributed by atoms with Crippen molar-refractivity contribution in [3.63, 3.8) is 0 Å². The number of anilines is 1. The standard InChI is InChI=1S/C20H22ClN3O6S/c1-23(20(26)7-5-16-3-2-10-30-16)14-19(25)22-15-4-6-17(21)18(13-15)31(27,28)24-8-11-29-12-9-24/h2-7,10,13H,8-9,11-12,14H2,1H3,(H,22,25). The smallest absolute Gasteiger partial charge is 0.246 e. The maximum atomic E-state index is 12.9. The lowest BCUT2D eigenvalue weighted by Crippen LogP contribution is -2.40. The van der Waals surface area contributed by atoms with Gasteiger partial charge in [-0.3, -0.25) is 9.59 Å². The number of nitrogens with zero attached hydrogens (tertiary/aromatic N) is 2. The van der Waals surface area contributed by atoms with Crippen molar-refractivity contribution in [3.05, 3.63) is 53.5 Å². The molecule has 1 aliphatic rings. The minimum Gasteiger partial charge on any atom is -0.465 e. The van der Waals surface area contributed by atoms with Crippen molar-refractivity contribution in [2.45, 2.75) is 4.90 Å². The predicted octanol–water partition coefficient (Wildman–Crippen LogP) is 2.06. The molecular weight excluding hydrogens is 446 g/mol. The van der Waals surface area contributed by atoms with E-state index >= 15 is 0 Å². The number of carbonyl (C=O) groups excluding carboxylic acids is 2. The van der Waals surface area contributed by atoms with Crippen LogP contribution in [0.4, 0.5) is 5.69 Å². The van der Waals surface area contributed by atoms with Crippen molar-refractivity contribution in [2.75, 3.05) is 45.2 Å². The Labute approximate surface area is 185 Å². The number of nitrogens with one attached hydrogen (secondary N) is 1. The van der Waals surface area contributed by atoms with Crippen LogP contribution in [0.2, 0.25) is 5.02 Å². The Morgan fingerprint density at radius 2 is 2.00 bits per heavy atom. The van der Waals surface area contributed by atoms with Crippen LogP contribution in [-0.4, -0.2) is 69.3 Å². The molecule has 3 rings (SSSR count). The number of halogens is 1. The lowest BCUT2D eigenvalue weighted by Gasteiger charge is -2.26. The lowest BCUT2D eigenvalue weighted by atomic mass is 10.3. The fourth-order valence-electron chi connectivity index (χ4n) is 2.87. The van der Waals surface area contributed by atoms with E-state index in [1.54, 1.807) is 12.1 Å². The van der Waals surface area contributed by atoms with Gasteiger partial charge in [-0.1, -0.05) is 11.6 Å². The fraction of sp³-hybridized carbons (Fsp3) is 0.300. The Morgan fingerprint density at radius 1 is 1.26 bits per heavy atom. The van der Waals surface area contributed by atoms with Gasteiger partial charge >= 0.3 is 0 Å². The minimum absolute atomic E-state index is 0.0554. The first-order chi connectivity index (χ1) is 14.8. The Balaban J connectivity index is 1.65. The first kappa shape index (κ1) is 23.0. The van der Waals surface area contributed by atoms with Crippen LogP contribution in [0.1, 0.15) is 5.76 Å². The molecule has 1 fully saturated rings. The molecule has 0 saturated carbocycles. The van der Waals surface area contributed by atoms with Gasteiger partial charge in [0.15, 0.2) is 0 Å². The molecule has 1 saturated heterocycles. The van der Waals surface area contributed by atoms with Crippen molar-refractivity contribution in [1.29, 1.82) is 0 Å². The summed E-state index contributed by atoms with van der Waals surface area (Å²) in [4.78, 5) is 25.6. The van der Waals surface area contributed by atoms with Crippen LogP contribution in [0.5, 0.6) is 0 Å². The summed E-state index contributed by atoms with van der Waals surface area (Å²) < 4.78 is 37.4. The molecule has 2 amide bonds. The molecule has 11 heteroatoms. The highest BCUT2D eigenvalue weighted by molar-refractivity contribution is 7.89. The third kappa shape index (κ3) is 5.95. The van der Waals surface area contributed by atoms with Gasteiger partial charge in [0.1, 0.15) is 10.7 Å². The highest BCUT2D eigenvalue weighted by atomic mass is 35.5. The highest BCUT2D eigenvalue weighted by Crippen LogP contribution is 2.28. The SMILES string of the molecule is CN(CC(=O)Nc1ccc(Cl)c(S(=O)(=O)N2CCOCC2)c1)C(=O)C=Cc1ccco1. The Morgan fingerprint density at radius 3 is 2.68 bits per heavy atom. The number of morpholine rings is 1. The van der Waals surface area contributed by atoms with Crippen LogP contribution in [0, 0.1) is 0 Å². The maximum Gasteiger partial charge on any atom is 0.246 e. The fourth-order valence-corrected chi connectivity index (χ4v) is 4.77. The summed E-state index contributed by atoms with van der Waals surface area (Å²) in [5, 5.41) is 2.65. The second-order valence-electron chi connectivity index (χ2n) is 6.75. The molecule has 0 spiro atoms. The van der Waals surface area contributed by atoms with E-state index in [9.17, 15) is 18.0 Å². The van der Waals surface area contributed by atoms with E-state index < -0.39 is 21.8 Å². The van der Waals surface area contributed by atoms with Crippen LogP contribution in [0.25, 0.3) is 6.08 Å². The number of benzene rings is 1. The molecule has 1 aliphatic heterocycles. The van der Waals surface area contributed by atoms with Crippen molar-refractivity contribution in [3.8, 4) is 0 Å². The molecule has 0 aliphatic carbocycles. The highest BCUT2D eigenvalue weighted by Gasteiger charge is 2.28. The average molecular weight is 468 g/mol. The third-order valence-corrected chi connectivity index (χ3v) is 6.87. The topological polar surface area (TPSA) is 109 Å². The molecule has 166 valence electrons. The summed E-state index contributed by atoms with van der Waals surface area (Å²) in [7, 11) is -2.35. The Kier molecular flexibility index (Phi) is 7.50. The van der Waals surface area contributed by atoms with E-state index in [1.165, 1.54) is 52.9 Å². The molecule has 31 heavy (non-hydrogen) atoms. The lowest BCUT2D eigenvalue weighted by molar-refractivity contribution is -0.129. The monoisotopic (exact) mass is 467 g/mol. The van der Waals surface area contributed by atoms with Crippen molar-refractivity contribution in [1.82, 2.24) is 9.21 Å². The van der Waals surface area contributed by atoms with E-state index in [1.807, 2.05) is 0 Å². The molecule has 2 heterocycles. The van der Waals surface area contributed by atoms with Crippen molar-refractivity contribution >= 4 is 45.2 Å². The second kappa shape index (κ2) is 10.1. The zero-order valence-corrected chi connectivity index (χ0v) is 18.4. The molecule has 0 bridgehead atoms. The van der Waals surface area contributed by atoms with Gasteiger partial charge in [0, 0.05) is 31.9 Å². The number of ether oxygens (including phenoxy) is 1. The van der Waals surface area contributed by atoms with Crippen LogP contribution >= 0.6 is 11.6 Å². The first-order valence-electron chi connectivity index (χ1n) is 9.41. The second-order valence-corrected chi connectivity index (χ2v) is 9.07. The number of carbonyl (C=O) groups is 2. The summed E-state index contributed by atoms with van der Waals surface area (Å²) in [5.74, 6) is -0.362. The molecule has 0 radical (unpaired) electrons. The largest absolute Gasteiger partial charge is 0.465 e. The summed E-state index contributed by atoms with van der Waals surface area (Å²) in [6, 6.07) is 7.60. The van der Waals surface area contributed by atoms with Gasteiger partial charge in [-0.15, -0.1) is 0 Å². The Bertz CT molecular complexity index is 1060. The third-order valence-electron chi connectivity index (χ3n) is 4.49. The number of hydrogen-bond donors (Lipinski definition) is 1. The van der Waals surface area contributed by atoms with Gasteiger partial charge in [0.25, 0.3) is 0 Å². The number of rotatable bonds is 7. The van der Waals surface area contributed by atoms with E-state index in [2.05, 4.69) is 5.32 Å². The maximum absolute atomic E-state index is 12.9. The quantitative estimate of drug-likeness (QED) is 0.624. The van der Waals surface area contributed by atoms with Crippen LogP contribution < -0.4 is 5.32 Å². The van der Waals surface area contributed by atoms with Gasteiger partial charge in [-0.05, 0) is 36.4 Å². The Hall–Kier alpha value is -2.66. The number of likely N-dealkylation sites (N-methyl/N-ethyl adjacent to an activating group) is 1. The van der Waals surface area contributed by atoms with Gasteiger partial charge in [-0.2, -0.15) is 4.31 Å². The zero-order valence-electron chi connectivity index (χ0n) is 16.8. The van der Waals surface area contributed by atoms with E-state index in [0.29, 0.717) is 19.0 Å². The predicted molar refractivity (Wildman–Crippen MR) is 115 cm³/mol. The van der Waals surface area contributed by atoms with Gasteiger partial charge in [0.05, 0.1) is 31.0 Å². The molecule has 1 N–H and O–H groups in total. The number of sulfonamides is 1. The van der Waals surface area contributed by atoms with Crippen LogP contribution in [-0.2, 0) is 24.3 Å². The van der Waals surface area contributed by atoms with Crippen molar-refractivity contribution in [2.24, 2.45) is 0 Å². The van der Waals surface area contributed by atoms with Gasteiger partial charge in [-0.25, -0.2) is 8.42 Å². The first-order valence-corrected chi connectivity index (χ1v) is 11.2. The van der Waals surface area contributed by atoms with E-state index in [0.717, 1.165) is 0 Å². The molecule has 2 aromatic rings. The molecular formula is C20H22ClN3O6S. The number of furan rings is 1. The number of amides is 2. The molecule has 0 atom stereocenters. The average Bonchev–Trinajstić information content (AvgIpc) is 3.27. The molecule has 1 aromatic heterocycles. The van der Waals surface area contributed by atoms with E-state index in [-0.39, 0.29) is 35.2 Å². The normalized spacial score (nSPS) is 15.2. The van der Waals surface area contributed by atoms with Crippen molar-refractivity contribution < 1.29 is 27.2 Å². The summed E-state index contributed by atoms with van der Waals surface area (Å²) >= 11 is 6.12. The summed E-state index contributed by atoms with van der Waals surface area (Å²) in [6.45, 7) is 0.848. The van der Waals surface area contributed by atoms with E-state index in [4.69, 9.17) is 20.8 Å². The van der Waals surface area contributed by atoms with Crippen LogP contribution in [0.3, 0.4) is 0 Å². The summed E-state index contributed by atoms with van der Waals surface area (Å²) in [6.07, 6.45) is 4.28. The van der Waals surface area contributed by atoms with Gasteiger partial charge in [0.2, 0.25) is 21.8 Å². The summed E-state index contributed by atoms with van der Waals surface area (Å²) in [5.41, 5.74) is 0.258.